The minimum Gasteiger partial charge on any atom is -0.454 e. The molecule has 0 saturated carbocycles. The van der Waals surface area contributed by atoms with Crippen LogP contribution in [0.15, 0.2) is 64.4 Å². The molecule has 0 aliphatic carbocycles. The monoisotopic (exact) mass is 461 g/mol. The Morgan fingerprint density at radius 2 is 2.03 bits per heavy atom. The van der Waals surface area contributed by atoms with Gasteiger partial charge in [0.2, 0.25) is 5.91 Å². The van der Waals surface area contributed by atoms with Gasteiger partial charge in [-0.05, 0) is 31.3 Å². The van der Waals surface area contributed by atoms with Gasteiger partial charge in [0, 0.05) is 29.3 Å². The van der Waals surface area contributed by atoms with Crippen LogP contribution in [-0.2, 0) is 11.3 Å². The third-order valence-corrected chi connectivity index (χ3v) is 6.13. The number of furan rings is 1. The summed E-state index contributed by atoms with van der Waals surface area (Å²) >= 11 is 6.72. The first kappa shape index (κ1) is 20.3. The average molecular weight is 462 g/mol. The molecule has 0 atom stereocenters. The number of para-hydroxylation sites is 1. The van der Waals surface area contributed by atoms with E-state index < -0.39 is 0 Å². The Bertz CT molecular complexity index is 1430. The van der Waals surface area contributed by atoms with E-state index in [-0.39, 0.29) is 12.3 Å². The zero-order chi connectivity index (χ0) is 22.1. The number of hydrogen-bond acceptors (Lipinski definition) is 6. The van der Waals surface area contributed by atoms with Crippen LogP contribution in [0, 0.1) is 11.7 Å². The van der Waals surface area contributed by atoms with Crippen LogP contribution < -0.4 is 5.32 Å². The van der Waals surface area contributed by atoms with E-state index in [0.717, 1.165) is 16.5 Å². The van der Waals surface area contributed by atoms with E-state index in [1.54, 1.807) is 0 Å². The smallest absolute Gasteiger partial charge is 0.227 e. The van der Waals surface area contributed by atoms with Crippen molar-refractivity contribution in [3.8, 4) is 22.8 Å². The van der Waals surface area contributed by atoms with E-state index in [1.165, 1.54) is 16.9 Å². The number of nitrogens with one attached hydrogen (secondary N) is 2. The summed E-state index contributed by atoms with van der Waals surface area (Å²) in [6.07, 6.45) is 0.242. The van der Waals surface area contributed by atoms with E-state index in [2.05, 4.69) is 20.5 Å². The maximum absolute atomic E-state index is 12.6. The van der Waals surface area contributed by atoms with Gasteiger partial charge in [0.1, 0.15) is 11.3 Å². The summed E-state index contributed by atoms with van der Waals surface area (Å²) in [4.78, 5) is 17.1. The average Bonchev–Trinajstić information content (AvgIpc) is 3.51. The number of hydrogen-bond donors (Lipinski definition) is 2. The van der Waals surface area contributed by atoms with Crippen molar-refractivity contribution >= 4 is 45.6 Å². The van der Waals surface area contributed by atoms with Crippen LogP contribution in [0.3, 0.4) is 0 Å². The maximum Gasteiger partial charge on any atom is 0.227 e. The molecule has 0 spiro atoms. The van der Waals surface area contributed by atoms with Crippen molar-refractivity contribution in [1.82, 2.24) is 19.7 Å². The lowest BCUT2D eigenvalue weighted by Crippen LogP contribution is -2.15. The molecule has 0 unspecified atom stereocenters. The molecule has 0 aliphatic heterocycles. The number of carbonyl (C=O) groups is 1. The van der Waals surface area contributed by atoms with Gasteiger partial charge in [0.05, 0.1) is 0 Å². The SMILES string of the molecule is Cc1ccc(-c2n[nH]c(=S)n2CCC(=O)Nc2nc(-c3cc4ccccc4o3)cs2)cc1. The molecule has 5 aromatic rings. The highest BCUT2D eigenvalue weighted by atomic mass is 32.1. The fourth-order valence-corrected chi connectivity index (χ4v) is 4.34. The number of aryl methyl sites for hydroxylation is 1. The minimum absolute atomic E-state index is 0.145. The van der Waals surface area contributed by atoms with Crippen LogP contribution in [0.4, 0.5) is 5.13 Å². The third kappa shape index (κ3) is 4.12. The van der Waals surface area contributed by atoms with Gasteiger partial charge in [0.25, 0.3) is 0 Å². The Hall–Kier alpha value is -3.56. The first-order chi connectivity index (χ1) is 15.6. The molecule has 3 aromatic heterocycles. The molecule has 0 fully saturated rings. The molecule has 9 heteroatoms. The Labute approximate surface area is 192 Å². The lowest BCUT2D eigenvalue weighted by Gasteiger charge is -2.07. The lowest BCUT2D eigenvalue weighted by molar-refractivity contribution is -0.116. The zero-order valence-corrected chi connectivity index (χ0v) is 18.8. The molecule has 7 nitrogen and oxygen atoms in total. The summed E-state index contributed by atoms with van der Waals surface area (Å²) in [5.41, 5.74) is 3.61. The topological polar surface area (TPSA) is 88.7 Å². The standard InChI is InChI=1S/C23H19N5O2S2/c1-14-6-8-15(9-7-14)21-26-27-23(31)28(21)11-10-20(29)25-22-24-17(13-32-22)19-12-16-4-2-3-5-18(16)30-19/h2-9,12-13H,10-11H2,1H3,(H,27,31)(H,24,25,29). The second kappa shape index (κ2) is 8.52. The second-order valence-corrected chi connectivity index (χ2v) is 8.60. The van der Waals surface area contributed by atoms with Crippen molar-refractivity contribution < 1.29 is 9.21 Å². The van der Waals surface area contributed by atoms with Crippen LogP contribution in [-0.4, -0.2) is 25.7 Å². The molecule has 3 heterocycles. The van der Waals surface area contributed by atoms with E-state index >= 15 is 0 Å². The van der Waals surface area contributed by atoms with Gasteiger partial charge in [-0.15, -0.1) is 11.3 Å². The number of rotatable bonds is 6. The number of fused-ring (bicyclic) bond motifs is 1. The van der Waals surface area contributed by atoms with Gasteiger partial charge in [-0.2, -0.15) is 5.10 Å². The number of amides is 1. The van der Waals surface area contributed by atoms with Crippen LogP contribution in [0.25, 0.3) is 33.8 Å². The highest BCUT2D eigenvalue weighted by molar-refractivity contribution is 7.71. The number of thiazole rings is 1. The highest BCUT2D eigenvalue weighted by Crippen LogP contribution is 2.30. The summed E-state index contributed by atoms with van der Waals surface area (Å²) in [7, 11) is 0. The van der Waals surface area contributed by atoms with Crippen LogP contribution in [0.2, 0.25) is 0 Å². The van der Waals surface area contributed by atoms with E-state index in [9.17, 15) is 4.79 Å². The molecule has 32 heavy (non-hydrogen) atoms. The largest absolute Gasteiger partial charge is 0.454 e. The first-order valence-corrected chi connectivity index (χ1v) is 11.3. The normalized spacial score (nSPS) is 11.2. The minimum atomic E-state index is -0.145. The zero-order valence-electron chi connectivity index (χ0n) is 17.2. The van der Waals surface area contributed by atoms with Gasteiger partial charge in [-0.25, -0.2) is 4.98 Å². The van der Waals surface area contributed by atoms with Gasteiger partial charge in [-0.3, -0.25) is 14.5 Å². The Morgan fingerprint density at radius 1 is 1.22 bits per heavy atom. The fourth-order valence-electron chi connectivity index (χ4n) is 3.40. The van der Waals surface area contributed by atoms with E-state index in [1.807, 2.05) is 71.5 Å². The Balaban J connectivity index is 1.26. The van der Waals surface area contributed by atoms with Gasteiger partial charge in [0.15, 0.2) is 21.5 Å². The number of nitrogens with zero attached hydrogens (tertiary/aromatic N) is 3. The van der Waals surface area contributed by atoms with Gasteiger partial charge < -0.3 is 9.73 Å². The maximum atomic E-state index is 12.6. The molecule has 2 aromatic carbocycles. The summed E-state index contributed by atoms with van der Waals surface area (Å²) in [5, 5.41) is 13.4. The molecule has 0 bridgehead atoms. The fraction of sp³-hybridized carbons (Fsp3) is 0.130. The Morgan fingerprint density at radius 3 is 2.84 bits per heavy atom. The number of H-pyrrole nitrogens is 1. The second-order valence-electron chi connectivity index (χ2n) is 7.35. The number of anilines is 1. The predicted octanol–water partition coefficient (Wildman–Crippen LogP) is 5.81. The number of carbonyl (C=O) groups excluding carboxylic acids is 1. The van der Waals surface area contributed by atoms with Crippen LogP contribution in [0.5, 0.6) is 0 Å². The molecule has 0 aliphatic rings. The molecule has 0 saturated heterocycles. The van der Waals surface area contributed by atoms with Gasteiger partial charge >= 0.3 is 0 Å². The van der Waals surface area contributed by atoms with Crippen molar-refractivity contribution in [2.24, 2.45) is 0 Å². The van der Waals surface area contributed by atoms with Crippen molar-refractivity contribution in [2.75, 3.05) is 5.32 Å². The molecular weight excluding hydrogens is 442 g/mol. The number of aromatic nitrogens is 4. The quantitative estimate of drug-likeness (QED) is 0.311. The van der Waals surface area contributed by atoms with Crippen molar-refractivity contribution in [3.63, 3.8) is 0 Å². The molecular formula is C23H19N5O2S2. The van der Waals surface area contributed by atoms with E-state index in [0.29, 0.717) is 33.7 Å². The van der Waals surface area contributed by atoms with Crippen LogP contribution in [0.1, 0.15) is 12.0 Å². The summed E-state index contributed by atoms with van der Waals surface area (Å²) in [5.74, 6) is 1.24. The van der Waals surface area contributed by atoms with E-state index in [4.69, 9.17) is 16.6 Å². The molecule has 1 amide bonds. The van der Waals surface area contributed by atoms with Crippen molar-refractivity contribution in [2.45, 2.75) is 19.9 Å². The molecule has 0 radical (unpaired) electrons. The third-order valence-electron chi connectivity index (χ3n) is 5.06. The highest BCUT2D eigenvalue weighted by Gasteiger charge is 2.14. The Kier molecular flexibility index (Phi) is 5.42. The predicted molar refractivity (Wildman–Crippen MR) is 128 cm³/mol. The number of benzene rings is 2. The first-order valence-electron chi connectivity index (χ1n) is 10.0. The molecule has 5 rings (SSSR count). The van der Waals surface area contributed by atoms with Gasteiger partial charge in [-0.1, -0.05) is 48.0 Å². The summed E-state index contributed by atoms with van der Waals surface area (Å²) in [6.45, 7) is 2.44. The lowest BCUT2D eigenvalue weighted by atomic mass is 10.1. The number of aromatic amines is 1. The van der Waals surface area contributed by atoms with Crippen LogP contribution >= 0.6 is 23.6 Å². The molecule has 160 valence electrons. The van der Waals surface area contributed by atoms with Crippen molar-refractivity contribution in [3.05, 3.63) is 70.3 Å². The summed E-state index contributed by atoms with van der Waals surface area (Å²) < 4.78 is 8.17. The molecule has 2 N–H and O–H groups in total. The summed E-state index contributed by atoms with van der Waals surface area (Å²) in [6, 6.07) is 17.8. The van der Waals surface area contributed by atoms with Crippen molar-refractivity contribution in [1.29, 1.82) is 0 Å².